The van der Waals surface area contributed by atoms with Crippen molar-refractivity contribution >= 4 is 13.2 Å². The summed E-state index contributed by atoms with van der Waals surface area (Å²) in [6.07, 6.45) is 4.27. The lowest BCUT2D eigenvalue weighted by atomic mass is 9.75. The number of carbonyl (C=O) groups is 1. The van der Waals surface area contributed by atoms with Gasteiger partial charge in [0.25, 0.3) is 0 Å². The Morgan fingerprint density at radius 3 is 2.42 bits per heavy atom. The third-order valence-electron chi connectivity index (χ3n) is 3.93. The van der Waals surface area contributed by atoms with E-state index in [1.807, 2.05) is 33.8 Å². The van der Waals surface area contributed by atoms with Gasteiger partial charge in [0.15, 0.2) is 0 Å². The zero-order valence-electron chi connectivity index (χ0n) is 11.8. The minimum atomic E-state index is -1.04. The molecule has 0 bridgehead atoms. The quantitative estimate of drug-likeness (QED) is 0.752. The van der Waals surface area contributed by atoms with Crippen molar-refractivity contribution in [1.82, 2.24) is 5.32 Å². The van der Waals surface area contributed by atoms with E-state index in [1.165, 1.54) is 0 Å². The minimum absolute atomic E-state index is 0.385. The van der Waals surface area contributed by atoms with E-state index >= 15 is 0 Å². The second kappa shape index (κ2) is 4.69. The van der Waals surface area contributed by atoms with Crippen LogP contribution < -0.4 is 5.32 Å². The largest absolute Gasteiger partial charge is 0.494 e. The van der Waals surface area contributed by atoms with E-state index in [4.69, 9.17) is 14.4 Å². The molecule has 2 N–H and O–H groups in total. The summed E-state index contributed by atoms with van der Waals surface area (Å²) in [6, 6.07) is 0. The SMILES string of the molecule is CC1(C)OB(C2=CCCC(NC(=O)O)=C2)OC1(C)C. The van der Waals surface area contributed by atoms with Gasteiger partial charge in [-0.25, -0.2) is 4.79 Å². The average Bonchev–Trinajstić information content (AvgIpc) is 2.47. The van der Waals surface area contributed by atoms with Crippen molar-refractivity contribution in [3.05, 3.63) is 23.3 Å². The smallest absolute Gasteiger partial charge is 0.465 e. The van der Waals surface area contributed by atoms with Crippen LogP contribution in [0.3, 0.4) is 0 Å². The molecule has 0 aromatic carbocycles. The zero-order valence-corrected chi connectivity index (χ0v) is 11.8. The maximum Gasteiger partial charge on any atom is 0.494 e. The van der Waals surface area contributed by atoms with E-state index in [0.29, 0.717) is 12.1 Å². The van der Waals surface area contributed by atoms with Crippen molar-refractivity contribution in [3.8, 4) is 0 Å². The Bertz CT molecular complexity index is 438. The summed E-state index contributed by atoms with van der Waals surface area (Å²) in [5, 5.41) is 11.2. The maximum atomic E-state index is 10.7. The van der Waals surface area contributed by atoms with Crippen LogP contribution in [0.25, 0.3) is 0 Å². The lowest BCUT2D eigenvalue weighted by molar-refractivity contribution is 0.00578. The van der Waals surface area contributed by atoms with Gasteiger partial charge in [0, 0.05) is 5.70 Å². The second-order valence-corrected chi connectivity index (χ2v) is 5.93. The summed E-state index contributed by atoms with van der Waals surface area (Å²) >= 11 is 0. The van der Waals surface area contributed by atoms with Crippen molar-refractivity contribution in [2.45, 2.75) is 51.7 Å². The molecule has 1 aliphatic heterocycles. The first-order valence-corrected chi connectivity index (χ1v) is 6.47. The standard InChI is InChI=1S/C13H20BNO4/c1-12(2)13(3,4)19-14(18-12)9-6-5-7-10(8-9)15-11(16)17/h6,8,15H,5,7H2,1-4H3,(H,16,17). The fourth-order valence-corrected chi connectivity index (χ4v) is 2.11. The van der Waals surface area contributed by atoms with Crippen LogP contribution in [0.15, 0.2) is 23.3 Å². The van der Waals surface area contributed by atoms with Crippen LogP contribution in [-0.2, 0) is 9.31 Å². The lowest BCUT2D eigenvalue weighted by Crippen LogP contribution is -2.41. The van der Waals surface area contributed by atoms with Gasteiger partial charge in [0.05, 0.1) is 11.2 Å². The summed E-state index contributed by atoms with van der Waals surface area (Å²) in [7, 11) is -0.434. The van der Waals surface area contributed by atoms with E-state index in [2.05, 4.69) is 5.32 Å². The van der Waals surface area contributed by atoms with Gasteiger partial charge >= 0.3 is 13.2 Å². The van der Waals surface area contributed by atoms with Crippen LogP contribution in [0, 0.1) is 0 Å². The van der Waals surface area contributed by atoms with Crippen LogP contribution in [-0.4, -0.2) is 29.5 Å². The molecule has 1 heterocycles. The molecule has 1 amide bonds. The number of nitrogens with one attached hydrogen (secondary N) is 1. The monoisotopic (exact) mass is 265 g/mol. The number of amides is 1. The van der Waals surface area contributed by atoms with E-state index in [0.717, 1.165) is 11.9 Å². The number of hydrogen-bond acceptors (Lipinski definition) is 3. The second-order valence-electron chi connectivity index (χ2n) is 5.93. The van der Waals surface area contributed by atoms with Crippen molar-refractivity contribution in [2.75, 3.05) is 0 Å². The number of allylic oxidation sites excluding steroid dienone is 4. The molecular weight excluding hydrogens is 245 g/mol. The summed E-state index contributed by atoms with van der Waals surface area (Å²) in [5.74, 6) is 0. The van der Waals surface area contributed by atoms with Crippen molar-refractivity contribution in [3.63, 3.8) is 0 Å². The lowest BCUT2D eigenvalue weighted by Gasteiger charge is -2.32. The van der Waals surface area contributed by atoms with E-state index in [9.17, 15) is 4.79 Å². The first kappa shape index (κ1) is 14.2. The van der Waals surface area contributed by atoms with Gasteiger partial charge < -0.3 is 14.4 Å². The van der Waals surface area contributed by atoms with Gasteiger partial charge in [0.1, 0.15) is 0 Å². The molecule has 1 aliphatic carbocycles. The molecule has 0 atom stereocenters. The summed E-state index contributed by atoms with van der Waals surface area (Å²) in [6.45, 7) is 7.99. The predicted molar refractivity (Wildman–Crippen MR) is 72.6 cm³/mol. The number of carboxylic acid groups (broad SMARTS) is 1. The fourth-order valence-electron chi connectivity index (χ4n) is 2.11. The molecule has 0 saturated carbocycles. The fraction of sp³-hybridized carbons (Fsp3) is 0.615. The molecular formula is C13H20BNO4. The zero-order chi connectivity index (χ0) is 14.3. The Kier molecular flexibility index (Phi) is 3.49. The molecule has 0 radical (unpaired) electrons. The highest BCUT2D eigenvalue weighted by Gasteiger charge is 2.52. The average molecular weight is 265 g/mol. The summed E-state index contributed by atoms with van der Waals surface area (Å²) in [4.78, 5) is 10.7. The van der Waals surface area contributed by atoms with E-state index < -0.39 is 13.2 Å². The number of hydrogen-bond donors (Lipinski definition) is 2. The van der Waals surface area contributed by atoms with Gasteiger partial charge in [-0.05, 0) is 52.1 Å². The van der Waals surface area contributed by atoms with E-state index in [1.54, 1.807) is 6.08 Å². The van der Waals surface area contributed by atoms with Gasteiger partial charge in [-0.3, -0.25) is 5.32 Å². The molecule has 0 spiro atoms. The molecule has 19 heavy (non-hydrogen) atoms. The maximum absolute atomic E-state index is 10.7. The summed E-state index contributed by atoms with van der Waals surface area (Å²) < 4.78 is 11.9. The van der Waals surface area contributed by atoms with Crippen LogP contribution >= 0.6 is 0 Å². The van der Waals surface area contributed by atoms with Gasteiger partial charge in [0.2, 0.25) is 0 Å². The third-order valence-corrected chi connectivity index (χ3v) is 3.93. The highest BCUT2D eigenvalue weighted by molar-refractivity contribution is 6.55. The van der Waals surface area contributed by atoms with Crippen LogP contribution in [0.4, 0.5) is 4.79 Å². The molecule has 5 nitrogen and oxygen atoms in total. The first-order valence-electron chi connectivity index (χ1n) is 6.47. The highest BCUT2D eigenvalue weighted by atomic mass is 16.7. The molecule has 2 rings (SSSR count). The topological polar surface area (TPSA) is 67.8 Å². The molecule has 0 unspecified atom stereocenters. The molecule has 1 saturated heterocycles. The Hall–Kier alpha value is -1.27. The molecule has 0 aromatic heterocycles. The molecule has 104 valence electrons. The van der Waals surface area contributed by atoms with Crippen LogP contribution in [0.2, 0.25) is 0 Å². The van der Waals surface area contributed by atoms with Crippen molar-refractivity contribution in [2.24, 2.45) is 0 Å². The van der Waals surface area contributed by atoms with Crippen molar-refractivity contribution < 1.29 is 19.2 Å². The van der Waals surface area contributed by atoms with Crippen molar-refractivity contribution in [1.29, 1.82) is 0 Å². The first-order chi connectivity index (χ1) is 8.71. The van der Waals surface area contributed by atoms with Crippen LogP contribution in [0.5, 0.6) is 0 Å². The van der Waals surface area contributed by atoms with Crippen LogP contribution in [0.1, 0.15) is 40.5 Å². The minimum Gasteiger partial charge on any atom is -0.465 e. The Morgan fingerprint density at radius 2 is 1.89 bits per heavy atom. The van der Waals surface area contributed by atoms with E-state index in [-0.39, 0.29) is 11.2 Å². The Balaban J connectivity index is 2.14. The summed E-state index contributed by atoms with van der Waals surface area (Å²) in [5.41, 5.74) is 0.794. The van der Waals surface area contributed by atoms with Gasteiger partial charge in [-0.15, -0.1) is 0 Å². The molecule has 6 heteroatoms. The van der Waals surface area contributed by atoms with Gasteiger partial charge in [-0.1, -0.05) is 6.08 Å². The Labute approximate surface area is 113 Å². The molecule has 2 aliphatic rings. The Morgan fingerprint density at radius 1 is 1.32 bits per heavy atom. The highest BCUT2D eigenvalue weighted by Crippen LogP contribution is 2.39. The molecule has 1 fully saturated rings. The predicted octanol–water partition coefficient (Wildman–Crippen LogP) is 2.49. The number of rotatable bonds is 2. The van der Waals surface area contributed by atoms with Gasteiger partial charge in [-0.2, -0.15) is 0 Å². The third kappa shape index (κ3) is 2.85. The normalized spacial score (nSPS) is 24.7. The molecule has 0 aromatic rings.